The van der Waals surface area contributed by atoms with Gasteiger partial charge in [-0.3, -0.25) is 9.36 Å². The molecule has 100 valence electrons. The minimum Gasteiger partial charge on any atom is -0.298 e. The summed E-state index contributed by atoms with van der Waals surface area (Å²) in [5.74, 6) is 0. The summed E-state index contributed by atoms with van der Waals surface area (Å²) in [5.41, 5.74) is 5.64. The minimum absolute atomic E-state index is 0.548. The first-order valence-corrected chi connectivity index (χ1v) is 6.67. The van der Waals surface area contributed by atoms with Crippen LogP contribution < -0.4 is 0 Å². The van der Waals surface area contributed by atoms with Crippen molar-refractivity contribution in [2.75, 3.05) is 0 Å². The average molecular weight is 285 g/mol. The predicted octanol–water partition coefficient (Wildman–Crippen LogP) is 4.11. The van der Waals surface area contributed by atoms with Crippen LogP contribution in [-0.2, 0) is 0 Å². The highest BCUT2D eigenvalue weighted by atomic mass is 35.5. The van der Waals surface area contributed by atoms with E-state index < -0.39 is 0 Å². The SMILES string of the molecule is Cc1cc2ncn(-c3ccc(Cl)cc3C=O)c2cc1C. The first-order valence-electron chi connectivity index (χ1n) is 6.29. The standard InChI is InChI=1S/C16H13ClN2O/c1-10-5-14-16(6-11(10)2)19(9-18-14)15-4-3-13(17)7-12(15)8-20/h3-9H,1-2H3. The maximum Gasteiger partial charge on any atom is 0.152 e. The Kier molecular flexibility index (Phi) is 3.07. The minimum atomic E-state index is 0.548. The Hall–Kier alpha value is -2.13. The van der Waals surface area contributed by atoms with Crippen LogP contribution in [0.5, 0.6) is 0 Å². The molecule has 0 aliphatic carbocycles. The van der Waals surface area contributed by atoms with Crippen molar-refractivity contribution in [2.24, 2.45) is 0 Å². The van der Waals surface area contributed by atoms with Gasteiger partial charge in [0.25, 0.3) is 0 Å². The van der Waals surface area contributed by atoms with Gasteiger partial charge >= 0.3 is 0 Å². The van der Waals surface area contributed by atoms with Crippen molar-refractivity contribution in [3.8, 4) is 5.69 Å². The Morgan fingerprint density at radius 3 is 2.65 bits per heavy atom. The highest BCUT2D eigenvalue weighted by Crippen LogP contribution is 2.24. The van der Waals surface area contributed by atoms with E-state index in [0.29, 0.717) is 10.6 Å². The Morgan fingerprint density at radius 1 is 1.15 bits per heavy atom. The van der Waals surface area contributed by atoms with Crippen LogP contribution in [-0.4, -0.2) is 15.8 Å². The normalized spacial score (nSPS) is 10.9. The van der Waals surface area contributed by atoms with Gasteiger partial charge in [-0.25, -0.2) is 4.98 Å². The highest BCUT2D eigenvalue weighted by Gasteiger charge is 2.10. The molecular weight excluding hydrogens is 272 g/mol. The summed E-state index contributed by atoms with van der Waals surface area (Å²) < 4.78 is 1.92. The van der Waals surface area contributed by atoms with Crippen LogP contribution in [0, 0.1) is 13.8 Å². The van der Waals surface area contributed by atoms with Crippen molar-refractivity contribution in [1.82, 2.24) is 9.55 Å². The lowest BCUT2D eigenvalue weighted by molar-refractivity contribution is 0.112. The van der Waals surface area contributed by atoms with E-state index in [-0.39, 0.29) is 0 Å². The number of aryl methyl sites for hydroxylation is 2. The second kappa shape index (κ2) is 4.76. The molecule has 1 heterocycles. The van der Waals surface area contributed by atoms with Crippen molar-refractivity contribution in [3.63, 3.8) is 0 Å². The molecule has 1 aromatic heterocycles. The molecule has 3 rings (SSSR count). The number of hydrogen-bond donors (Lipinski definition) is 0. The number of halogens is 1. The summed E-state index contributed by atoms with van der Waals surface area (Å²) in [6.45, 7) is 4.13. The third-order valence-corrected chi connectivity index (χ3v) is 3.77. The van der Waals surface area contributed by atoms with E-state index in [1.54, 1.807) is 18.5 Å². The number of nitrogens with zero attached hydrogens (tertiary/aromatic N) is 2. The molecule has 0 atom stereocenters. The quantitative estimate of drug-likeness (QED) is 0.664. The fraction of sp³-hybridized carbons (Fsp3) is 0.125. The van der Waals surface area contributed by atoms with Crippen LogP contribution in [0.2, 0.25) is 5.02 Å². The van der Waals surface area contributed by atoms with Gasteiger partial charge in [0.15, 0.2) is 6.29 Å². The van der Waals surface area contributed by atoms with Crippen LogP contribution in [0.4, 0.5) is 0 Å². The Bertz CT molecular complexity index is 821. The van der Waals surface area contributed by atoms with Crippen molar-refractivity contribution >= 4 is 28.9 Å². The van der Waals surface area contributed by atoms with Crippen molar-refractivity contribution in [3.05, 3.63) is 58.4 Å². The zero-order valence-electron chi connectivity index (χ0n) is 11.2. The number of hydrogen-bond acceptors (Lipinski definition) is 2. The summed E-state index contributed by atoms with van der Waals surface area (Å²) in [7, 11) is 0. The molecule has 3 aromatic rings. The number of benzene rings is 2. The maximum absolute atomic E-state index is 11.2. The molecule has 3 nitrogen and oxygen atoms in total. The van der Waals surface area contributed by atoms with Crippen LogP contribution in [0.15, 0.2) is 36.7 Å². The smallest absolute Gasteiger partial charge is 0.152 e. The fourth-order valence-corrected chi connectivity index (χ4v) is 2.48. The zero-order chi connectivity index (χ0) is 14.3. The molecule has 0 saturated heterocycles. The van der Waals surface area contributed by atoms with E-state index in [4.69, 9.17) is 11.6 Å². The van der Waals surface area contributed by atoms with Gasteiger partial charge < -0.3 is 0 Å². The van der Waals surface area contributed by atoms with Gasteiger partial charge in [-0.15, -0.1) is 0 Å². The number of carbonyl (C=O) groups is 1. The van der Waals surface area contributed by atoms with Gasteiger partial charge in [0, 0.05) is 10.6 Å². The first kappa shape index (κ1) is 12.9. The zero-order valence-corrected chi connectivity index (χ0v) is 12.0. The summed E-state index contributed by atoms with van der Waals surface area (Å²) in [6, 6.07) is 9.41. The van der Waals surface area contributed by atoms with Gasteiger partial charge in [0.05, 0.1) is 16.7 Å². The average Bonchev–Trinajstić information content (AvgIpc) is 2.82. The summed E-state index contributed by atoms with van der Waals surface area (Å²) in [6.07, 6.45) is 2.55. The molecule has 0 N–H and O–H groups in total. The number of rotatable bonds is 2. The highest BCUT2D eigenvalue weighted by molar-refractivity contribution is 6.30. The third-order valence-electron chi connectivity index (χ3n) is 3.54. The van der Waals surface area contributed by atoms with E-state index in [9.17, 15) is 4.79 Å². The van der Waals surface area contributed by atoms with Crippen LogP contribution >= 0.6 is 11.6 Å². The molecule has 0 aliphatic heterocycles. The Morgan fingerprint density at radius 2 is 1.90 bits per heavy atom. The Balaban J connectivity index is 2.30. The molecule has 4 heteroatoms. The van der Waals surface area contributed by atoms with Crippen molar-refractivity contribution in [1.29, 1.82) is 0 Å². The van der Waals surface area contributed by atoms with E-state index >= 15 is 0 Å². The van der Waals surface area contributed by atoms with Crippen LogP contribution in [0.25, 0.3) is 16.7 Å². The molecule has 0 amide bonds. The fourth-order valence-electron chi connectivity index (χ4n) is 2.30. The Labute approximate surface area is 121 Å². The predicted molar refractivity (Wildman–Crippen MR) is 80.9 cm³/mol. The topological polar surface area (TPSA) is 34.9 Å². The molecule has 2 aromatic carbocycles. The van der Waals surface area contributed by atoms with Gasteiger partial charge in [-0.2, -0.15) is 0 Å². The molecule has 0 fully saturated rings. The molecule has 0 saturated carbocycles. The lowest BCUT2D eigenvalue weighted by Crippen LogP contribution is -1.98. The number of imidazole rings is 1. The van der Waals surface area contributed by atoms with Gasteiger partial charge in [-0.05, 0) is 55.3 Å². The van der Waals surface area contributed by atoms with E-state index in [1.165, 1.54) is 11.1 Å². The number of carbonyl (C=O) groups excluding carboxylic acids is 1. The number of aromatic nitrogens is 2. The molecule has 0 aliphatic rings. The maximum atomic E-state index is 11.2. The second-order valence-corrected chi connectivity index (χ2v) is 5.30. The van der Waals surface area contributed by atoms with E-state index in [0.717, 1.165) is 23.0 Å². The van der Waals surface area contributed by atoms with Crippen molar-refractivity contribution < 1.29 is 4.79 Å². The lowest BCUT2D eigenvalue weighted by atomic mass is 10.1. The second-order valence-electron chi connectivity index (χ2n) is 4.86. The van der Waals surface area contributed by atoms with E-state index in [1.807, 2.05) is 10.6 Å². The van der Waals surface area contributed by atoms with Crippen LogP contribution in [0.1, 0.15) is 21.5 Å². The summed E-state index contributed by atoms with van der Waals surface area (Å²) in [5, 5.41) is 0.548. The monoisotopic (exact) mass is 284 g/mol. The molecular formula is C16H13ClN2O. The molecule has 0 radical (unpaired) electrons. The van der Waals surface area contributed by atoms with Crippen molar-refractivity contribution in [2.45, 2.75) is 13.8 Å². The molecule has 20 heavy (non-hydrogen) atoms. The van der Waals surface area contributed by atoms with E-state index in [2.05, 4.69) is 31.0 Å². The molecule has 0 spiro atoms. The molecule has 0 bridgehead atoms. The number of fused-ring (bicyclic) bond motifs is 1. The largest absolute Gasteiger partial charge is 0.298 e. The number of aldehydes is 1. The summed E-state index contributed by atoms with van der Waals surface area (Å²) >= 11 is 5.94. The first-order chi connectivity index (χ1) is 9.60. The van der Waals surface area contributed by atoms with Crippen LogP contribution in [0.3, 0.4) is 0 Å². The lowest BCUT2D eigenvalue weighted by Gasteiger charge is -2.09. The third kappa shape index (κ3) is 2.00. The van der Waals surface area contributed by atoms with Gasteiger partial charge in [0.1, 0.15) is 6.33 Å². The molecule has 0 unspecified atom stereocenters. The van der Waals surface area contributed by atoms with Gasteiger partial charge in [0.2, 0.25) is 0 Å². The summed E-state index contributed by atoms with van der Waals surface area (Å²) in [4.78, 5) is 15.6. The van der Waals surface area contributed by atoms with Gasteiger partial charge in [-0.1, -0.05) is 11.6 Å².